The van der Waals surface area contributed by atoms with Crippen LogP contribution in [-0.4, -0.2) is 40.3 Å². The molecule has 2 heterocycles. The number of guanidine groups is 1. The molecule has 0 atom stereocenters. The number of hydrogen-bond acceptors (Lipinski definition) is 4. The Balaban J connectivity index is 1.41. The van der Waals surface area contributed by atoms with E-state index in [0.29, 0.717) is 13.2 Å². The van der Waals surface area contributed by atoms with Crippen LogP contribution in [0.2, 0.25) is 0 Å². The zero-order chi connectivity index (χ0) is 19.6. The lowest BCUT2D eigenvalue weighted by molar-refractivity contribution is 0.307. The Kier molecular flexibility index (Phi) is 7.23. The minimum Gasteiger partial charge on any atom is -0.494 e. The van der Waals surface area contributed by atoms with Gasteiger partial charge in [-0.05, 0) is 51.0 Å². The van der Waals surface area contributed by atoms with Crippen molar-refractivity contribution in [1.29, 1.82) is 0 Å². The zero-order valence-electron chi connectivity index (χ0n) is 16.6. The number of aliphatic imine (C=N–C) groups is 1. The number of unbranched alkanes of at least 4 members (excludes halogenated alkanes) is 1. The Morgan fingerprint density at radius 3 is 2.75 bits per heavy atom. The summed E-state index contributed by atoms with van der Waals surface area (Å²) < 4.78 is 7.72. The van der Waals surface area contributed by atoms with Gasteiger partial charge in [0.2, 0.25) is 0 Å². The molecule has 28 heavy (non-hydrogen) atoms. The lowest BCUT2D eigenvalue weighted by Crippen LogP contribution is -2.37. The van der Waals surface area contributed by atoms with Crippen LogP contribution in [0.3, 0.4) is 0 Å². The van der Waals surface area contributed by atoms with E-state index in [1.807, 2.05) is 40.9 Å². The molecule has 2 aromatic heterocycles. The fourth-order valence-electron chi connectivity index (χ4n) is 2.75. The molecule has 0 radical (unpaired) electrons. The van der Waals surface area contributed by atoms with Crippen LogP contribution in [0.25, 0.3) is 5.65 Å². The number of rotatable bonds is 9. The number of benzene rings is 1. The Hall–Kier alpha value is -3.09. The van der Waals surface area contributed by atoms with E-state index in [9.17, 15) is 0 Å². The molecule has 0 fully saturated rings. The molecule has 0 bridgehead atoms. The fraction of sp³-hybridized carbons (Fsp3) is 0.381. The van der Waals surface area contributed by atoms with Gasteiger partial charge < -0.3 is 15.4 Å². The summed E-state index contributed by atoms with van der Waals surface area (Å²) in [5, 5.41) is 15.0. The smallest absolute Gasteiger partial charge is 0.191 e. The number of nitrogens with zero attached hydrogens (tertiary/aromatic N) is 4. The summed E-state index contributed by atoms with van der Waals surface area (Å²) in [7, 11) is 0. The average molecular weight is 380 g/mol. The lowest BCUT2D eigenvalue weighted by atomic mass is 10.2. The number of hydrogen-bond donors (Lipinski definition) is 2. The molecule has 2 N–H and O–H groups in total. The summed E-state index contributed by atoms with van der Waals surface area (Å²) in [6, 6.07) is 14.0. The fourth-order valence-corrected chi connectivity index (χ4v) is 2.75. The molecule has 1 aromatic carbocycles. The van der Waals surface area contributed by atoms with Gasteiger partial charge in [0.05, 0.1) is 6.61 Å². The maximum atomic E-state index is 5.76. The highest BCUT2D eigenvalue weighted by Crippen LogP contribution is 2.11. The first kappa shape index (κ1) is 19.7. The van der Waals surface area contributed by atoms with E-state index in [-0.39, 0.29) is 0 Å². The van der Waals surface area contributed by atoms with Crippen molar-refractivity contribution in [3.8, 4) is 5.75 Å². The van der Waals surface area contributed by atoms with Crippen LogP contribution >= 0.6 is 0 Å². The minimum absolute atomic E-state index is 0.469. The second-order valence-electron chi connectivity index (χ2n) is 6.54. The highest BCUT2D eigenvalue weighted by molar-refractivity contribution is 5.79. The first-order valence-corrected chi connectivity index (χ1v) is 9.76. The van der Waals surface area contributed by atoms with Crippen molar-refractivity contribution in [2.24, 2.45) is 4.99 Å². The third-order valence-electron chi connectivity index (χ3n) is 4.26. The third kappa shape index (κ3) is 5.70. The minimum atomic E-state index is 0.469. The first-order valence-electron chi connectivity index (χ1n) is 9.76. The molecular formula is C21H28N6O. The average Bonchev–Trinajstić information content (AvgIpc) is 3.13. The van der Waals surface area contributed by atoms with Crippen LogP contribution in [0.15, 0.2) is 53.7 Å². The summed E-state index contributed by atoms with van der Waals surface area (Å²) >= 11 is 0. The van der Waals surface area contributed by atoms with E-state index in [0.717, 1.165) is 49.1 Å². The van der Waals surface area contributed by atoms with Gasteiger partial charge in [-0.25, -0.2) is 4.99 Å². The molecule has 3 rings (SSSR count). The summed E-state index contributed by atoms with van der Waals surface area (Å²) in [5.41, 5.74) is 2.07. The summed E-state index contributed by atoms with van der Waals surface area (Å²) in [4.78, 5) is 4.62. The second kappa shape index (κ2) is 10.3. The van der Waals surface area contributed by atoms with Crippen LogP contribution in [-0.2, 0) is 6.54 Å². The number of aryl methyl sites for hydroxylation is 1. The van der Waals surface area contributed by atoms with Gasteiger partial charge in [-0.2, -0.15) is 0 Å². The van der Waals surface area contributed by atoms with Gasteiger partial charge in [-0.1, -0.05) is 23.8 Å². The molecule has 0 spiro atoms. The van der Waals surface area contributed by atoms with Gasteiger partial charge in [0, 0.05) is 19.3 Å². The Bertz CT molecular complexity index is 887. The van der Waals surface area contributed by atoms with Crippen LogP contribution in [0.4, 0.5) is 0 Å². The van der Waals surface area contributed by atoms with Crippen LogP contribution < -0.4 is 15.4 Å². The van der Waals surface area contributed by atoms with E-state index in [4.69, 9.17) is 4.74 Å². The van der Waals surface area contributed by atoms with E-state index in [1.54, 1.807) is 0 Å². The van der Waals surface area contributed by atoms with Gasteiger partial charge in [0.1, 0.15) is 12.3 Å². The van der Waals surface area contributed by atoms with Gasteiger partial charge in [0.25, 0.3) is 0 Å². The molecule has 148 valence electrons. The topological polar surface area (TPSA) is 75.8 Å². The third-order valence-corrected chi connectivity index (χ3v) is 4.26. The van der Waals surface area contributed by atoms with Crippen molar-refractivity contribution in [1.82, 2.24) is 25.2 Å². The molecular weight excluding hydrogens is 352 g/mol. The standard InChI is InChI=1S/C21H28N6O/c1-3-22-21(24-16-20-26-25-19-8-4-6-14-27(19)20)23-13-5-7-15-28-18-11-9-17(2)10-12-18/h4,6,8-12,14H,3,5,7,13,15-16H2,1-2H3,(H2,22,23,24). The molecule has 0 aliphatic carbocycles. The Labute approximate surface area is 165 Å². The summed E-state index contributed by atoms with van der Waals surface area (Å²) in [6.07, 6.45) is 3.94. The van der Waals surface area contributed by atoms with Crippen molar-refractivity contribution in [2.75, 3.05) is 19.7 Å². The molecule has 0 aliphatic rings. The van der Waals surface area contributed by atoms with Crippen molar-refractivity contribution in [3.05, 3.63) is 60.0 Å². The number of nitrogens with one attached hydrogen (secondary N) is 2. The monoisotopic (exact) mass is 380 g/mol. The molecule has 7 heteroatoms. The lowest BCUT2D eigenvalue weighted by Gasteiger charge is -2.11. The number of fused-ring (bicyclic) bond motifs is 1. The molecule has 0 saturated heterocycles. The maximum absolute atomic E-state index is 5.76. The maximum Gasteiger partial charge on any atom is 0.191 e. The van der Waals surface area contributed by atoms with Crippen molar-refractivity contribution >= 4 is 11.6 Å². The zero-order valence-corrected chi connectivity index (χ0v) is 16.6. The van der Waals surface area contributed by atoms with Crippen LogP contribution in [0.1, 0.15) is 31.2 Å². The molecule has 0 unspecified atom stereocenters. The molecule has 0 saturated carbocycles. The van der Waals surface area contributed by atoms with Crippen molar-refractivity contribution in [2.45, 2.75) is 33.2 Å². The van der Waals surface area contributed by atoms with E-state index < -0.39 is 0 Å². The van der Waals surface area contributed by atoms with Crippen LogP contribution in [0, 0.1) is 6.92 Å². The predicted octanol–water partition coefficient (Wildman–Crippen LogP) is 2.95. The largest absolute Gasteiger partial charge is 0.494 e. The molecule has 0 amide bonds. The van der Waals surface area contributed by atoms with Gasteiger partial charge in [0.15, 0.2) is 17.4 Å². The highest BCUT2D eigenvalue weighted by Gasteiger charge is 2.04. The van der Waals surface area contributed by atoms with Gasteiger partial charge in [-0.15, -0.1) is 10.2 Å². The Morgan fingerprint density at radius 2 is 1.93 bits per heavy atom. The van der Waals surface area contributed by atoms with Gasteiger partial charge >= 0.3 is 0 Å². The molecule has 3 aromatic rings. The van der Waals surface area contributed by atoms with Crippen LogP contribution in [0.5, 0.6) is 5.75 Å². The predicted molar refractivity (Wildman–Crippen MR) is 112 cm³/mol. The number of aromatic nitrogens is 3. The summed E-state index contributed by atoms with van der Waals surface area (Å²) in [6.45, 7) is 6.96. The molecule has 7 nitrogen and oxygen atoms in total. The number of pyridine rings is 1. The van der Waals surface area contributed by atoms with E-state index in [2.05, 4.69) is 51.8 Å². The van der Waals surface area contributed by atoms with E-state index >= 15 is 0 Å². The normalized spacial score (nSPS) is 11.6. The first-order chi connectivity index (χ1) is 13.8. The van der Waals surface area contributed by atoms with E-state index in [1.165, 1.54) is 5.56 Å². The van der Waals surface area contributed by atoms with Crippen molar-refractivity contribution < 1.29 is 4.74 Å². The van der Waals surface area contributed by atoms with Crippen molar-refractivity contribution in [3.63, 3.8) is 0 Å². The highest BCUT2D eigenvalue weighted by atomic mass is 16.5. The quantitative estimate of drug-likeness (QED) is 0.339. The SMILES string of the molecule is CCNC(=NCc1nnc2ccccn12)NCCCCOc1ccc(C)cc1. The second-order valence-corrected chi connectivity index (χ2v) is 6.54. The molecule has 0 aliphatic heterocycles. The summed E-state index contributed by atoms with van der Waals surface area (Å²) in [5.74, 6) is 2.53. The Morgan fingerprint density at radius 1 is 1.07 bits per heavy atom. The van der Waals surface area contributed by atoms with Gasteiger partial charge in [-0.3, -0.25) is 4.40 Å². The number of ether oxygens (including phenoxy) is 1.